The van der Waals surface area contributed by atoms with Gasteiger partial charge in [-0.2, -0.15) is 0 Å². The first-order valence-corrected chi connectivity index (χ1v) is 12.6. The highest BCUT2D eigenvalue weighted by atomic mass is 16.5. The molecule has 10 heteroatoms. The van der Waals surface area contributed by atoms with Gasteiger partial charge in [-0.25, -0.2) is 4.68 Å². The van der Waals surface area contributed by atoms with Gasteiger partial charge in [-0.05, 0) is 32.1 Å². The number of carbonyl (C=O) groups is 2. The van der Waals surface area contributed by atoms with E-state index < -0.39 is 23.6 Å². The average molecular weight is 477 g/mol. The van der Waals surface area contributed by atoms with E-state index in [-0.39, 0.29) is 30.8 Å². The molecule has 1 aliphatic carbocycles. The SMILES string of the molecule is CC(CN1CCOCC1C)NC(=O)[C@@H]1C[C@@H](O)CN1C(=O)[C@@H](n1cc(C2CC2)nn1)C(C)(C)C. The minimum absolute atomic E-state index is 0.0856. The van der Waals surface area contributed by atoms with Crippen LogP contribution in [0.25, 0.3) is 0 Å². The van der Waals surface area contributed by atoms with E-state index in [4.69, 9.17) is 4.74 Å². The van der Waals surface area contributed by atoms with E-state index in [0.717, 1.165) is 25.1 Å². The van der Waals surface area contributed by atoms with Crippen molar-refractivity contribution in [2.45, 2.75) is 90.1 Å². The Labute approximate surface area is 202 Å². The lowest BCUT2D eigenvalue weighted by molar-refractivity contribution is -0.144. The maximum Gasteiger partial charge on any atom is 0.248 e. The molecular weight excluding hydrogens is 436 g/mol. The summed E-state index contributed by atoms with van der Waals surface area (Å²) in [5.74, 6) is 0.0152. The Kier molecular flexibility index (Phi) is 7.30. The van der Waals surface area contributed by atoms with Crippen molar-refractivity contribution in [3.05, 3.63) is 11.9 Å². The molecular formula is C24H40N6O4. The second-order valence-electron chi connectivity index (χ2n) is 11.4. The predicted molar refractivity (Wildman–Crippen MR) is 126 cm³/mol. The van der Waals surface area contributed by atoms with E-state index in [1.54, 1.807) is 9.58 Å². The largest absolute Gasteiger partial charge is 0.391 e. The first-order valence-electron chi connectivity index (χ1n) is 12.6. The molecule has 5 atom stereocenters. The highest BCUT2D eigenvalue weighted by Gasteiger charge is 2.45. The van der Waals surface area contributed by atoms with Crippen molar-refractivity contribution in [1.29, 1.82) is 0 Å². The first kappa shape index (κ1) is 25.1. The zero-order valence-electron chi connectivity index (χ0n) is 21.1. The Bertz CT molecular complexity index is 879. The van der Waals surface area contributed by atoms with Crippen LogP contribution in [0.3, 0.4) is 0 Å². The van der Waals surface area contributed by atoms with Crippen LogP contribution in [0.1, 0.15) is 71.5 Å². The number of β-amino-alcohol motifs (C(OH)–C–C–N with tert-alkyl or cyclic N) is 1. The molecule has 0 spiro atoms. The molecule has 0 radical (unpaired) electrons. The van der Waals surface area contributed by atoms with Gasteiger partial charge in [0.2, 0.25) is 11.8 Å². The third kappa shape index (κ3) is 5.60. The molecule has 1 aromatic heterocycles. The van der Waals surface area contributed by atoms with Crippen LogP contribution in [0, 0.1) is 5.41 Å². The van der Waals surface area contributed by atoms with Crippen LogP contribution < -0.4 is 5.32 Å². The molecule has 3 aliphatic rings. The summed E-state index contributed by atoms with van der Waals surface area (Å²) in [5.41, 5.74) is 0.476. The molecule has 2 aliphatic heterocycles. The Balaban J connectivity index is 1.46. The maximum absolute atomic E-state index is 13.8. The fourth-order valence-electron chi connectivity index (χ4n) is 5.10. The van der Waals surface area contributed by atoms with E-state index in [0.29, 0.717) is 31.7 Å². The van der Waals surface area contributed by atoms with Gasteiger partial charge in [0, 0.05) is 50.3 Å². The molecule has 4 rings (SSSR count). The van der Waals surface area contributed by atoms with Crippen molar-refractivity contribution < 1.29 is 19.4 Å². The quantitative estimate of drug-likeness (QED) is 0.602. The molecule has 2 N–H and O–H groups in total. The summed E-state index contributed by atoms with van der Waals surface area (Å²) in [6.45, 7) is 13.1. The van der Waals surface area contributed by atoms with Crippen molar-refractivity contribution in [3.8, 4) is 0 Å². The van der Waals surface area contributed by atoms with Crippen LogP contribution >= 0.6 is 0 Å². The summed E-state index contributed by atoms with van der Waals surface area (Å²) in [6.07, 6.45) is 3.59. The number of rotatable bonds is 7. The summed E-state index contributed by atoms with van der Waals surface area (Å²) >= 11 is 0. The van der Waals surface area contributed by atoms with Crippen molar-refractivity contribution in [2.75, 3.05) is 32.8 Å². The molecule has 1 aromatic rings. The number of amides is 2. The van der Waals surface area contributed by atoms with Crippen molar-refractivity contribution >= 4 is 11.8 Å². The van der Waals surface area contributed by atoms with E-state index >= 15 is 0 Å². The molecule has 2 amide bonds. The fraction of sp³-hybridized carbons (Fsp3) is 0.833. The molecule has 0 bridgehead atoms. The molecule has 2 saturated heterocycles. The zero-order chi connectivity index (χ0) is 24.6. The fourth-order valence-corrected chi connectivity index (χ4v) is 5.10. The third-order valence-electron chi connectivity index (χ3n) is 7.11. The molecule has 0 aromatic carbocycles. The zero-order valence-corrected chi connectivity index (χ0v) is 21.1. The Morgan fingerprint density at radius 1 is 1.32 bits per heavy atom. The van der Waals surface area contributed by atoms with Gasteiger partial charge in [0.05, 0.1) is 25.0 Å². The first-order chi connectivity index (χ1) is 16.0. The number of aliphatic hydroxyl groups excluding tert-OH is 1. The van der Waals surface area contributed by atoms with E-state index in [9.17, 15) is 14.7 Å². The number of aromatic nitrogens is 3. The smallest absolute Gasteiger partial charge is 0.248 e. The number of morpholine rings is 1. The Morgan fingerprint density at radius 3 is 2.71 bits per heavy atom. The second kappa shape index (κ2) is 9.91. The number of nitrogens with one attached hydrogen (secondary N) is 1. The summed E-state index contributed by atoms with van der Waals surface area (Å²) in [6, 6.07) is -1.10. The summed E-state index contributed by atoms with van der Waals surface area (Å²) in [7, 11) is 0. The predicted octanol–water partition coefficient (Wildman–Crippen LogP) is 0.930. The number of carbonyl (C=O) groups excluding carboxylic acids is 2. The number of nitrogens with zero attached hydrogens (tertiary/aromatic N) is 5. The van der Waals surface area contributed by atoms with Gasteiger partial charge in [-0.1, -0.05) is 26.0 Å². The third-order valence-corrected chi connectivity index (χ3v) is 7.11. The summed E-state index contributed by atoms with van der Waals surface area (Å²) in [5, 5.41) is 22.1. The summed E-state index contributed by atoms with van der Waals surface area (Å²) < 4.78 is 7.15. The highest BCUT2D eigenvalue weighted by molar-refractivity contribution is 5.90. The van der Waals surface area contributed by atoms with Gasteiger partial charge in [-0.15, -0.1) is 5.10 Å². The maximum atomic E-state index is 13.8. The van der Waals surface area contributed by atoms with Gasteiger partial charge in [-0.3, -0.25) is 14.5 Å². The number of aliphatic hydroxyl groups is 1. The molecule has 3 fully saturated rings. The average Bonchev–Trinajstić information content (AvgIpc) is 3.36. The number of hydrogen-bond donors (Lipinski definition) is 2. The Hall–Kier alpha value is -2.04. The van der Waals surface area contributed by atoms with Crippen LogP contribution in [0.5, 0.6) is 0 Å². The van der Waals surface area contributed by atoms with Crippen molar-refractivity contribution in [3.63, 3.8) is 0 Å². The monoisotopic (exact) mass is 476 g/mol. The molecule has 1 saturated carbocycles. The number of ether oxygens (including phenoxy) is 1. The molecule has 190 valence electrons. The van der Waals surface area contributed by atoms with Crippen molar-refractivity contribution in [2.24, 2.45) is 5.41 Å². The normalized spacial score (nSPS) is 28.1. The molecule has 2 unspecified atom stereocenters. The van der Waals surface area contributed by atoms with Gasteiger partial charge in [0.1, 0.15) is 12.1 Å². The lowest BCUT2D eigenvalue weighted by Crippen LogP contribution is -2.54. The van der Waals surface area contributed by atoms with Crippen LogP contribution in [0.2, 0.25) is 0 Å². The number of likely N-dealkylation sites (tertiary alicyclic amines) is 1. The minimum Gasteiger partial charge on any atom is -0.391 e. The lowest BCUT2D eigenvalue weighted by atomic mass is 9.85. The van der Waals surface area contributed by atoms with Gasteiger partial charge >= 0.3 is 0 Å². The molecule has 3 heterocycles. The van der Waals surface area contributed by atoms with Crippen LogP contribution in [0.15, 0.2) is 6.20 Å². The number of hydrogen-bond acceptors (Lipinski definition) is 7. The molecule has 34 heavy (non-hydrogen) atoms. The molecule has 10 nitrogen and oxygen atoms in total. The van der Waals surface area contributed by atoms with E-state index in [1.165, 1.54) is 0 Å². The van der Waals surface area contributed by atoms with Gasteiger partial charge in [0.25, 0.3) is 0 Å². The minimum atomic E-state index is -0.729. The topological polar surface area (TPSA) is 113 Å². The van der Waals surface area contributed by atoms with Crippen LogP contribution in [0.4, 0.5) is 0 Å². The van der Waals surface area contributed by atoms with E-state index in [1.807, 2.05) is 33.9 Å². The standard InChI is InChI=1S/C24H40N6O4/c1-15(11-28-8-9-34-14-16(28)2)25-22(32)20-10-18(31)12-29(20)23(33)21(24(3,4)5)30-13-19(26-27-30)17-6-7-17/h13,15-18,20-21,31H,6-12,14H2,1-5H3,(H,25,32)/t15?,16?,18-,20+,21-/m1/s1. The lowest BCUT2D eigenvalue weighted by Gasteiger charge is -2.36. The summed E-state index contributed by atoms with van der Waals surface area (Å²) in [4.78, 5) is 30.9. The second-order valence-corrected chi connectivity index (χ2v) is 11.4. The van der Waals surface area contributed by atoms with Crippen LogP contribution in [-0.2, 0) is 14.3 Å². The van der Waals surface area contributed by atoms with Gasteiger partial charge < -0.3 is 20.1 Å². The van der Waals surface area contributed by atoms with E-state index in [2.05, 4.69) is 27.5 Å². The van der Waals surface area contributed by atoms with Gasteiger partial charge in [0.15, 0.2) is 0 Å². The Morgan fingerprint density at radius 2 is 2.06 bits per heavy atom. The van der Waals surface area contributed by atoms with Crippen LogP contribution in [-0.4, -0.2) is 98.8 Å². The highest BCUT2D eigenvalue weighted by Crippen LogP contribution is 2.40. The van der Waals surface area contributed by atoms with Crippen molar-refractivity contribution in [1.82, 2.24) is 30.1 Å².